The van der Waals surface area contributed by atoms with Crippen molar-refractivity contribution in [1.82, 2.24) is 14.9 Å². The van der Waals surface area contributed by atoms with E-state index in [0.717, 1.165) is 18.5 Å². The van der Waals surface area contributed by atoms with Crippen molar-refractivity contribution in [1.29, 1.82) is 0 Å². The summed E-state index contributed by atoms with van der Waals surface area (Å²) in [5, 5.41) is 2.25. The Morgan fingerprint density at radius 2 is 2.31 bits per heavy atom. The molecule has 1 aromatic heterocycles. The zero-order chi connectivity index (χ0) is 11.7. The minimum atomic E-state index is -0.648. The predicted molar refractivity (Wildman–Crippen MR) is 62.4 cm³/mol. The molecule has 0 spiro atoms. The Kier molecular flexibility index (Phi) is 3.19. The number of rotatable bonds is 4. The van der Waals surface area contributed by atoms with Gasteiger partial charge in [0.1, 0.15) is 0 Å². The summed E-state index contributed by atoms with van der Waals surface area (Å²) >= 11 is 6.15. The first-order valence-electron chi connectivity index (χ1n) is 5.55. The molecule has 1 N–H and O–H groups in total. The van der Waals surface area contributed by atoms with Gasteiger partial charge in [-0.15, -0.1) is 11.6 Å². The normalized spacial score (nSPS) is 17.5. The van der Waals surface area contributed by atoms with E-state index in [-0.39, 0.29) is 11.9 Å². The summed E-state index contributed by atoms with van der Waals surface area (Å²) in [7, 11) is 0. The van der Waals surface area contributed by atoms with Crippen LogP contribution in [-0.4, -0.2) is 21.5 Å². The SMILES string of the molecule is CC(C)n1cncc1C(Cl)C(=O)NC1CC1. The van der Waals surface area contributed by atoms with Gasteiger partial charge in [-0.05, 0) is 26.7 Å². The molecular weight excluding hydrogens is 226 g/mol. The third kappa shape index (κ3) is 2.38. The van der Waals surface area contributed by atoms with Gasteiger partial charge >= 0.3 is 0 Å². The van der Waals surface area contributed by atoms with Gasteiger partial charge in [0.25, 0.3) is 0 Å². The minimum Gasteiger partial charge on any atom is -0.352 e. The van der Waals surface area contributed by atoms with Crippen LogP contribution in [0.1, 0.15) is 43.8 Å². The Morgan fingerprint density at radius 3 is 2.88 bits per heavy atom. The van der Waals surface area contributed by atoms with E-state index in [1.165, 1.54) is 0 Å². The molecule has 16 heavy (non-hydrogen) atoms. The van der Waals surface area contributed by atoms with Crippen molar-refractivity contribution in [2.45, 2.75) is 44.1 Å². The summed E-state index contributed by atoms with van der Waals surface area (Å²) in [4.78, 5) is 15.8. The maximum atomic E-state index is 11.8. The summed E-state index contributed by atoms with van der Waals surface area (Å²) in [6, 6.07) is 0.594. The molecule has 1 unspecified atom stereocenters. The number of nitrogens with one attached hydrogen (secondary N) is 1. The number of imidazole rings is 1. The fraction of sp³-hybridized carbons (Fsp3) is 0.636. The molecule has 0 radical (unpaired) electrons. The summed E-state index contributed by atoms with van der Waals surface area (Å²) in [5.41, 5.74) is 0.759. The highest BCUT2D eigenvalue weighted by molar-refractivity contribution is 6.30. The molecule has 1 aliphatic rings. The number of amides is 1. The minimum absolute atomic E-state index is 0.119. The smallest absolute Gasteiger partial charge is 0.244 e. The van der Waals surface area contributed by atoms with Crippen molar-refractivity contribution < 1.29 is 4.79 Å². The van der Waals surface area contributed by atoms with Crippen molar-refractivity contribution in [3.05, 3.63) is 18.2 Å². The molecule has 0 aromatic carbocycles. The lowest BCUT2D eigenvalue weighted by atomic mass is 10.2. The summed E-state index contributed by atoms with van der Waals surface area (Å²) < 4.78 is 1.92. The molecule has 0 saturated heterocycles. The molecule has 2 rings (SSSR count). The van der Waals surface area contributed by atoms with Crippen LogP contribution < -0.4 is 5.32 Å². The van der Waals surface area contributed by atoms with E-state index in [1.807, 2.05) is 18.4 Å². The van der Waals surface area contributed by atoms with Gasteiger partial charge in [-0.1, -0.05) is 0 Å². The van der Waals surface area contributed by atoms with Crippen LogP contribution in [0.2, 0.25) is 0 Å². The Balaban J connectivity index is 2.09. The lowest BCUT2D eigenvalue weighted by Gasteiger charge is -2.15. The van der Waals surface area contributed by atoms with Gasteiger partial charge in [0, 0.05) is 12.1 Å². The second-order valence-corrected chi connectivity index (χ2v) is 4.90. The molecule has 88 valence electrons. The van der Waals surface area contributed by atoms with Crippen LogP contribution >= 0.6 is 11.6 Å². The lowest BCUT2D eigenvalue weighted by molar-refractivity contribution is -0.121. The van der Waals surface area contributed by atoms with Gasteiger partial charge < -0.3 is 9.88 Å². The second kappa shape index (κ2) is 4.45. The van der Waals surface area contributed by atoms with E-state index in [1.54, 1.807) is 12.5 Å². The third-order valence-electron chi connectivity index (χ3n) is 2.67. The number of hydrogen-bond donors (Lipinski definition) is 1. The zero-order valence-corrected chi connectivity index (χ0v) is 10.2. The van der Waals surface area contributed by atoms with Crippen LogP contribution in [0.5, 0.6) is 0 Å². The molecule has 4 nitrogen and oxygen atoms in total. The largest absolute Gasteiger partial charge is 0.352 e. The quantitative estimate of drug-likeness (QED) is 0.820. The third-order valence-corrected chi connectivity index (χ3v) is 3.09. The van der Waals surface area contributed by atoms with Crippen LogP contribution in [-0.2, 0) is 4.79 Å². The van der Waals surface area contributed by atoms with Gasteiger partial charge in [0.05, 0.1) is 18.2 Å². The highest BCUT2D eigenvalue weighted by Gasteiger charge is 2.28. The first kappa shape index (κ1) is 11.5. The van der Waals surface area contributed by atoms with Gasteiger partial charge in [-0.25, -0.2) is 4.98 Å². The van der Waals surface area contributed by atoms with Crippen LogP contribution in [0.15, 0.2) is 12.5 Å². The average Bonchev–Trinajstić information content (AvgIpc) is 2.91. The van der Waals surface area contributed by atoms with E-state index in [4.69, 9.17) is 11.6 Å². The molecule has 1 saturated carbocycles. The molecule has 1 heterocycles. The Bertz CT molecular complexity index is 384. The Labute approximate surface area is 100.0 Å². The van der Waals surface area contributed by atoms with Gasteiger partial charge in [-0.3, -0.25) is 4.79 Å². The molecular formula is C11H16ClN3O. The van der Waals surface area contributed by atoms with Crippen molar-refractivity contribution >= 4 is 17.5 Å². The summed E-state index contributed by atoms with van der Waals surface area (Å²) in [5.74, 6) is -0.119. The Hall–Kier alpha value is -1.03. The highest BCUT2D eigenvalue weighted by atomic mass is 35.5. The second-order valence-electron chi connectivity index (χ2n) is 4.46. The molecule has 0 bridgehead atoms. The van der Waals surface area contributed by atoms with Crippen LogP contribution in [0.3, 0.4) is 0 Å². The lowest BCUT2D eigenvalue weighted by Crippen LogP contribution is -2.29. The zero-order valence-electron chi connectivity index (χ0n) is 9.48. The van der Waals surface area contributed by atoms with E-state index in [9.17, 15) is 4.79 Å². The fourth-order valence-corrected chi connectivity index (χ4v) is 1.81. The molecule has 1 aliphatic carbocycles. The standard InChI is InChI=1S/C11H16ClN3O/c1-7(2)15-6-13-5-9(15)10(12)11(16)14-8-3-4-8/h5-8,10H,3-4H2,1-2H3,(H,14,16). The van der Waals surface area contributed by atoms with Crippen LogP contribution in [0.4, 0.5) is 0 Å². The molecule has 5 heteroatoms. The first-order chi connectivity index (χ1) is 7.59. The van der Waals surface area contributed by atoms with Crippen molar-refractivity contribution in [3.63, 3.8) is 0 Å². The summed E-state index contributed by atoms with van der Waals surface area (Å²) in [6.45, 7) is 4.07. The monoisotopic (exact) mass is 241 g/mol. The van der Waals surface area contributed by atoms with Crippen LogP contribution in [0, 0.1) is 0 Å². The number of alkyl halides is 1. The molecule has 1 amide bonds. The topological polar surface area (TPSA) is 46.9 Å². The van der Waals surface area contributed by atoms with Gasteiger partial charge in [0.2, 0.25) is 5.91 Å². The van der Waals surface area contributed by atoms with E-state index < -0.39 is 5.38 Å². The van der Waals surface area contributed by atoms with E-state index >= 15 is 0 Å². The number of nitrogens with zero attached hydrogens (tertiary/aromatic N) is 2. The highest BCUT2D eigenvalue weighted by Crippen LogP contribution is 2.25. The number of aromatic nitrogens is 2. The maximum Gasteiger partial charge on any atom is 0.244 e. The van der Waals surface area contributed by atoms with Gasteiger partial charge in [0.15, 0.2) is 5.38 Å². The van der Waals surface area contributed by atoms with E-state index in [2.05, 4.69) is 10.3 Å². The fourth-order valence-electron chi connectivity index (χ4n) is 1.58. The first-order valence-corrected chi connectivity index (χ1v) is 5.99. The number of carbonyl (C=O) groups is 1. The number of hydrogen-bond acceptors (Lipinski definition) is 2. The molecule has 1 atom stereocenters. The summed E-state index contributed by atoms with van der Waals surface area (Å²) in [6.07, 6.45) is 5.50. The molecule has 1 aromatic rings. The van der Waals surface area contributed by atoms with Crippen molar-refractivity contribution in [2.75, 3.05) is 0 Å². The average molecular weight is 242 g/mol. The predicted octanol–water partition coefficient (Wildman–Crippen LogP) is 2.02. The van der Waals surface area contributed by atoms with Crippen molar-refractivity contribution in [3.8, 4) is 0 Å². The molecule has 0 aliphatic heterocycles. The maximum absolute atomic E-state index is 11.8. The Morgan fingerprint density at radius 1 is 1.62 bits per heavy atom. The van der Waals surface area contributed by atoms with Crippen molar-refractivity contribution in [2.24, 2.45) is 0 Å². The van der Waals surface area contributed by atoms with Gasteiger partial charge in [-0.2, -0.15) is 0 Å². The molecule has 1 fully saturated rings. The number of carbonyl (C=O) groups excluding carboxylic acids is 1. The number of halogens is 1. The van der Waals surface area contributed by atoms with Crippen LogP contribution in [0.25, 0.3) is 0 Å². The van der Waals surface area contributed by atoms with E-state index in [0.29, 0.717) is 6.04 Å².